The predicted molar refractivity (Wildman–Crippen MR) is 197 cm³/mol. The lowest BCUT2D eigenvalue weighted by Gasteiger charge is -2.30. The maximum atomic E-state index is 14.5. The minimum absolute atomic E-state index is 0.0252. The van der Waals surface area contributed by atoms with E-state index in [9.17, 15) is 18.0 Å². The van der Waals surface area contributed by atoms with Gasteiger partial charge in [-0.2, -0.15) is 0 Å². The van der Waals surface area contributed by atoms with Gasteiger partial charge in [0.05, 0.1) is 6.61 Å². The summed E-state index contributed by atoms with van der Waals surface area (Å²) in [6, 6.07) is 40.0. The molecule has 5 aromatic carbocycles. The Balaban J connectivity index is 1.32. The van der Waals surface area contributed by atoms with Crippen LogP contribution in [-0.2, 0) is 16.1 Å². The van der Waals surface area contributed by atoms with Crippen molar-refractivity contribution >= 4 is 17.9 Å². The molecule has 5 aromatic rings. The number of halogens is 3. The molecule has 0 aliphatic carbocycles. The van der Waals surface area contributed by atoms with Crippen LogP contribution in [0.1, 0.15) is 41.2 Å². The van der Waals surface area contributed by atoms with Crippen molar-refractivity contribution in [3.63, 3.8) is 0 Å². The van der Waals surface area contributed by atoms with Crippen LogP contribution in [0.25, 0.3) is 17.2 Å². The van der Waals surface area contributed by atoms with Gasteiger partial charge in [0, 0.05) is 31.6 Å². The van der Waals surface area contributed by atoms with E-state index in [0.29, 0.717) is 29.9 Å². The third-order valence-electron chi connectivity index (χ3n) is 8.54. The summed E-state index contributed by atoms with van der Waals surface area (Å²) in [5.74, 6) is 0.0760. The first-order chi connectivity index (χ1) is 25.7. The molecule has 0 radical (unpaired) electrons. The molecule has 0 bridgehead atoms. The molecule has 2 atom stereocenters. The fraction of sp³-hybridized carbons (Fsp3) is 0.190. The normalized spacial score (nSPS) is 16.9. The van der Waals surface area contributed by atoms with Crippen LogP contribution >= 0.6 is 0 Å². The van der Waals surface area contributed by atoms with Crippen molar-refractivity contribution in [1.82, 2.24) is 10.9 Å². The molecule has 1 aliphatic rings. The van der Waals surface area contributed by atoms with E-state index in [1.54, 1.807) is 24.3 Å². The van der Waals surface area contributed by atoms with Gasteiger partial charge in [-0.1, -0.05) is 109 Å². The van der Waals surface area contributed by atoms with Gasteiger partial charge in [-0.05, 0) is 64.2 Å². The van der Waals surface area contributed by atoms with Gasteiger partial charge in [0.15, 0.2) is 11.6 Å². The van der Waals surface area contributed by atoms with Crippen LogP contribution in [-0.4, -0.2) is 42.0 Å². The van der Waals surface area contributed by atoms with Crippen LogP contribution < -0.4 is 20.3 Å². The molecule has 0 saturated heterocycles. The Bertz CT molecular complexity index is 1990. The first-order valence-electron chi connectivity index (χ1n) is 17.1. The fourth-order valence-corrected chi connectivity index (χ4v) is 5.88. The molecule has 8 nitrogen and oxygen atoms in total. The van der Waals surface area contributed by atoms with Gasteiger partial charge in [0.1, 0.15) is 11.5 Å². The van der Waals surface area contributed by atoms with Crippen molar-refractivity contribution in [2.75, 3.05) is 13.2 Å². The highest BCUT2D eigenvalue weighted by atomic mass is 19.4. The Morgan fingerprint density at radius 1 is 0.811 bits per heavy atom. The van der Waals surface area contributed by atoms with Gasteiger partial charge in [-0.25, -0.2) is 10.4 Å². The number of rotatable bonds is 15. The SMILES string of the molecule is O=C(NNCc1ccc(OC(F)(F)F)cc1)[C@@]1(C/C=C/c2ccccc2)N=C(c2ccc(OCCCO)cc2)O[C@H]1c1ccc(-c2ccccc2)cc1. The van der Waals surface area contributed by atoms with E-state index < -0.39 is 23.9 Å². The molecule has 3 N–H and O–H groups in total. The zero-order valence-corrected chi connectivity index (χ0v) is 28.6. The molecular weight excluding hydrogens is 683 g/mol. The first kappa shape index (κ1) is 36.9. The van der Waals surface area contributed by atoms with E-state index in [-0.39, 0.29) is 31.2 Å². The van der Waals surface area contributed by atoms with Crippen LogP contribution in [0, 0.1) is 0 Å². The number of carbonyl (C=O) groups is 1. The van der Waals surface area contributed by atoms with Gasteiger partial charge in [0.2, 0.25) is 5.90 Å². The summed E-state index contributed by atoms with van der Waals surface area (Å²) >= 11 is 0. The number of nitrogens with zero attached hydrogens (tertiary/aromatic N) is 1. The third-order valence-corrected chi connectivity index (χ3v) is 8.54. The topological polar surface area (TPSA) is 101 Å². The number of aliphatic imine (C=N–C) groups is 1. The van der Waals surface area contributed by atoms with E-state index in [1.807, 2.05) is 97.1 Å². The predicted octanol–water partition coefficient (Wildman–Crippen LogP) is 8.19. The third kappa shape index (κ3) is 9.70. The van der Waals surface area contributed by atoms with Crippen LogP contribution in [0.3, 0.4) is 0 Å². The maximum Gasteiger partial charge on any atom is 0.573 e. The molecule has 1 amide bonds. The number of nitrogens with one attached hydrogen (secondary N) is 2. The highest BCUT2D eigenvalue weighted by Gasteiger charge is 2.52. The Labute approximate surface area is 305 Å². The minimum Gasteiger partial charge on any atom is -0.494 e. The summed E-state index contributed by atoms with van der Waals surface area (Å²) in [5.41, 5.74) is 9.21. The zero-order chi connectivity index (χ0) is 37.1. The molecule has 0 saturated carbocycles. The van der Waals surface area contributed by atoms with Crippen molar-refractivity contribution in [2.45, 2.75) is 37.4 Å². The number of carbonyl (C=O) groups excluding carboxylic acids is 1. The van der Waals surface area contributed by atoms with E-state index in [2.05, 4.69) is 15.6 Å². The van der Waals surface area contributed by atoms with Crippen molar-refractivity contribution in [2.24, 2.45) is 4.99 Å². The van der Waals surface area contributed by atoms with E-state index >= 15 is 0 Å². The standard InChI is InChI=1S/C42H38F3N3O5/c43-42(44,45)53-37-22-14-31(15-23-37)29-46-48-40(50)41(26-7-11-30-9-3-1-4-10-30)38(34-18-16-33(17-19-34)32-12-5-2-6-13-32)52-39(47-41)35-20-24-36(25-21-35)51-28-8-27-49/h1-7,9-25,38,46,49H,8,26-29H2,(H,48,50)/b11-7+/t38-,41-/m0/s1. The summed E-state index contributed by atoms with van der Waals surface area (Å²) < 4.78 is 54.2. The van der Waals surface area contributed by atoms with Crippen LogP contribution in [0.15, 0.2) is 145 Å². The number of hydrogen-bond acceptors (Lipinski definition) is 7. The molecular formula is C42H38F3N3O5. The zero-order valence-electron chi connectivity index (χ0n) is 28.6. The molecule has 1 aliphatic heterocycles. The summed E-state index contributed by atoms with van der Waals surface area (Å²) in [6.45, 7) is 0.501. The van der Waals surface area contributed by atoms with Crippen molar-refractivity contribution in [3.8, 4) is 22.6 Å². The van der Waals surface area contributed by atoms with Gasteiger partial charge in [0.25, 0.3) is 5.91 Å². The average molecular weight is 722 g/mol. The lowest BCUT2D eigenvalue weighted by atomic mass is 9.84. The quantitative estimate of drug-likeness (QED) is 0.0745. The van der Waals surface area contributed by atoms with Crippen molar-refractivity contribution in [1.29, 1.82) is 0 Å². The number of alkyl halides is 3. The Kier molecular flexibility index (Phi) is 11.9. The van der Waals surface area contributed by atoms with E-state index in [0.717, 1.165) is 22.3 Å². The number of benzene rings is 5. The smallest absolute Gasteiger partial charge is 0.494 e. The minimum atomic E-state index is -4.80. The average Bonchev–Trinajstić information content (AvgIpc) is 3.57. The Morgan fingerprint density at radius 3 is 2.09 bits per heavy atom. The Hall–Kier alpha value is -5.91. The van der Waals surface area contributed by atoms with Gasteiger partial charge < -0.3 is 19.3 Å². The lowest BCUT2D eigenvalue weighted by Crippen LogP contribution is -2.52. The molecule has 0 spiro atoms. The van der Waals surface area contributed by atoms with Crippen LogP contribution in [0.5, 0.6) is 11.5 Å². The number of aliphatic hydroxyl groups is 1. The van der Waals surface area contributed by atoms with Gasteiger partial charge >= 0.3 is 6.36 Å². The lowest BCUT2D eigenvalue weighted by molar-refractivity contribution is -0.274. The molecule has 53 heavy (non-hydrogen) atoms. The monoisotopic (exact) mass is 721 g/mol. The molecule has 0 aromatic heterocycles. The highest BCUT2D eigenvalue weighted by molar-refractivity contribution is 6.01. The van der Waals surface area contributed by atoms with Crippen molar-refractivity contribution < 1.29 is 37.3 Å². The second kappa shape index (κ2) is 17.1. The number of ether oxygens (including phenoxy) is 3. The van der Waals surface area contributed by atoms with E-state index in [1.165, 1.54) is 24.3 Å². The molecule has 6 rings (SSSR count). The largest absolute Gasteiger partial charge is 0.573 e. The van der Waals surface area contributed by atoms with Gasteiger partial charge in [-0.3, -0.25) is 10.2 Å². The fourth-order valence-electron chi connectivity index (χ4n) is 5.88. The summed E-state index contributed by atoms with van der Waals surface area (Å²) in [6.07, 6.45) is -1.15. The number of hydrazine groups is 1. The second-order valence-electron chi connectivity index (χ2n) is 12.3. The Morgan fingerprint density at radius 2 is 1.43 bits per heavy atom. The molecule has 11 heteroatoms. The number of hydrogen-bond donors (Lipinski definition) is 3. The molecule has 1 heterocycles. The second-order valence-corrected chi connectivity index (χ2v) is 12.3. The highest BCUT2D eigenvalue weighted by Crippen LogP contribution is 2.43. The molecule has 0 fully saturated rings. The van der Waals surface area contributed by atoms with Crippen LogP contribution in [0.2, 0.25) is 0 Å². The number of aliphatic hydroxyl groups excluding tert-OH is 1. The van der Waals surface area contributed by atoms with E-state index in [4.69, 9.17) is 19.6 Å². The molecule has 272 valence electrons. The maximum absolute atomic E-state index is 14.5. The summed E-state index contributed by atoms with van der Waals surface area (Å²) in [7, 11) is 0. The van der Waals surface area contributed by atoms with Gasteiger partial charge in [-0.15, -0.1) is 13.2 Å². The summed E-state index contributed by atoms with van der Waals surface area (Å²) in [5, 5.41) is 9.11. The van der Waals surface area contributed by atoms with Crippen molar-refractivity contribution in [3.05, 3.63) is 162 Å². The molecule has 0 unspecified atom stereocenters. The summed E-state index contributed by atoms with van der Waals surface area (Å²) in [4.78, 5) is 19.5. The van der Waals surface area contributed by atoms with Crippen LogP contribution in [0.4, 0.5) is 13.2 Å². The number of amides is 1. The first-order valence-corrected chi connectivity index (χ1v) is 17.1.